The molecule has 0 unspecified atom stereocenters. The lowest BCUT2D eigenvalue weighted by Crippen LogP contribution is -1.87. The number of thiophene rings is 1. The van der Waals surface area contributed by atoms with Crippen LogP contribution in [0.15, 0.2) is 72.1 Å². The Morgan fingerprint density at radius 2 is 1.40 bits per heavy atom. The molecule has 0 bridgehead atoms. The summed E-state index contributed by atoms with van der Waals surface area (Å²) in [6, 6.07) is 24.2. The minimum Gasteiger partial charge on any atom is -0.144 e. The largest absolute Gasteiger partial charge is 0.144 e. The third-order valence-corrected chi connectivity index (χ3v) is 4.62. The van der Waals surface area contributed by atoms with Crippen LogP contribution in [-0.2, 0) is 6.42 Å². The summed E-state index contributed by atoms with van der Waals surface area (Å²) >= 11 is 1.81. The van der Waals surface area contributed by atoms with Crippen LogP contribution in [0.5, 0.6) is 0 Å². The molecule has 1 heteroatoms. The van der Waals surface area contributed by atoms with Crippen molar-refractivity contribution in [2.24, 2.45) is 0 Å². The molecule has 96 valence electrons. The van der Waals surface area contributed by atoms with Crippen molar-refractivity contribution in [1.82, 2.24) is 0 Å². The van der Waals surface area contributed by atoms with Gasteiger partial charge in [0, 0.05) is 4.70 Å². The van der Waals surface area contributed by atoms with Gasteiger partial charge in [-0.2, -0.15) is 0 Å². The van der Waals surface area contributed by atoms with E-state index >= 15 is 0 Å². The highest BCUT2D eigenvalue weighted by Gasteiger charge is 2.01. The lowest BCUT2D eigenvalue weighted by Gasteiger charge is -2.04. The zero-order valence-electron chi connectivity index (χ0n) is 11.0. The van der Waals surface area contributed by atoms with Gasteiger partial charge in [-0.05, 0) is 51.2 Å². The molecule has 0 nitrogen and oxygen atoms in total. The predicted molar refractivity (Wildman–Crippen MR) is 88.6 cm³/mol. The molecule has 0 saturated heterocycles. The van der Waals surface area contributed by atoms with Crippen LogP contribution in [0.25, 0.3) is 20.9 Å². The van der Waals surface area contributed by atoms with E-state index in [1.54, 1.807) is 0 Å². The average Bonchev–Trinajstić information content (AvgIpc) is 2.95. The first-order chi connectivity index (χ1) is 9.88. The van der Waals surface area contributed by atoms with Crippen molar-refractivity contribution in [2.45, 2.75) is 6.42 Å². The summed E-state index contributed by atoms with van der Waals surface area (Å²) in [7, 11) is 0. The lowest BCUT2D eigenvalue weighted by molar-refractivity contribution is 1.21. The molecule has 3 aromatic carbocycles. The molecule has 0 N–H and O–H groups in total. The molecule has 20 heavy (non-hydrogen) atoms. The topological polar surface area (TPSA) is 0 Å². The van der Waals surface area contributed by atoms with Crippen molar-refractivity contribution in [1.29, 1.82) is 0 Å². The molecule has 0 atom stereocenters. The van der Waals surface area contributed by atoms with E-state index in [2.05, 4.69) is 72.1 Å². The fraction of sp³-hybridized carbons (Fsp3) is 0.0526. The second-order valence-corrected chi connectivity index (χ2v) is 6.10. The van der Waals surface area contributed by atoms with Gasteiger partial charge >= 0.3 is 0 Å². The van der Waals surface area contributed by atoms with E-state index in [1.807, 2.05) is 11.3 Å². The van der Waals surface area contributed by atoms with Gasteiger partial charge in [-0.1, -0.05) is 54.6 Å². The molecule has 4 rings (SSSR count). The minimum absolute atomic E-state index is 0.999. The lowest BCUT2D eigenvalue weighted by atomic mass is 10.0. The monoisotopic (exact) mass is 274 g/mol. The Balaban J connectivity index is 1.72. The van der Waals surface area contributed by atoms with Gasteiger partial charge in [0.05, 0.1) is 0 Å². The molecule has 0 aliphatic heterocycles. The summed E-state index contributed by atoms with van der Waals surface area (Å²) in [5, 5.41) is 6.13. The Bertz CT molecular complexity index is 886. The van der Waals surface area contributed by atoms with Crippen LogP contribution >= 0.6 is 11.3 Å². The molecule has 0 saturated carbocycles. The zero-order chi connectivity index (χ0) is 13.4. The highest BCUT2D eigenvalue weighted by Crippen LogP contribution is 2.24. The van der Waals surface area contributed by atoms with Crippen molar-refractivity contribution in [3.8, 4) is 0 Å². The van der Waals surface area contributed by atoms with Gasteiger partial charge in [-0.3, -0.25) is 0 Å². The predicted octanol–water partition coefficient (Wildman–Crippen LogP) is 5.65. The summed E-state index contributed by atoms with van der Waals surface area (Å²) in [5.74, 6) is 0. The summed E-state index contributed by atoms with van der Waals surface area (Å²) in [6.07, 6.45) is 0.999. The van der Waals surface area contributed by atoms with E-state index in [4.69, 9.17) is 0 Å². The van der Waals surface area contributed by atoms with Gasteiger partial charge in [0.25, 0.3) is 0 Å². The van der Waals surface area contributed by atoms with E-state index < -0.39 is 0 Å². The van der Waals surface area contributed by atoms with Crippen molar-refractivity contribution in [3.63, 3.8) is 0 Å². The molecular formula is C19H14S. The van der Waals surface area contributed by atoms with E-state index in [0.717, 1.165) is 6.42 Å². The first kappa shape index (κ1) is 11.7. The van der Waals surface area contributed by atoms with Gasteiger partial charge in [-0.25, -0.2) is 0 Å². The van der Waals surface area contributed by atoms with Crippen LogP contribution in [0.4, 0.5) is 0 Å². The summed E-state index contributed by atoms with van der Waals surface area (Å²) in [4.78, 5) is 0. The van der Waals surface area contributed by atoms with Crippen molar-refractivity contribution in [2.75, 3.05) is 0 Å². The van der Waals surface area contributed by atoms with Crippen LogP contribution < -0.4 is 0 Å². The van der Waals surface area contributed by atoms with Crippen LogP contribution in [0.2, 0.25) is 0 Å². The second-order valence-electron chi connectivity index (χ2n) is 5.15. The van der Waals surface area contributed by atoms with Gasteiger partial charge in [0.1, 0.15) is 0 Å². The summed E-state index contributed by atoms with van der Waals surface area (Å²) in [6.45, 7) is 0. The quantitative estimate of drug-likeness (QED) is 0.443. The van der Waals surface area contributed by atoms with Gasteiger partial charge < -0.3 is 0 Å². The molecule has 0 radical (unpaired) electrons. The molecule has 0 aliphatic carbocycles. The van der Waals surface area contributed by atoms with Crippen LogP contribution in [0.3, 0.4) is 0 Å². The molecule has 4 aromatic rings. The Labute approximate surface area is 122 Å². The van der Waals surface area contributed by atoms with E-state index in [-0.39, 0.29) is 0 Å². The van der Waals surface area contributed by atoms with Crippen LogP contribution in [-0.4, -0.2) is 0 Å². The molecule has 0 fully saturated rings. The van der Waals surface area contributed by atoms with E-state index in [1.165, 1.54) is 32.0 Å². The number of fused-ring (bicyclic) bond motifs is 2. The fourth-order valence-corrected chi connectivity index (χ4v) is 3.55. The summed E-state index contributed by atoms with van der Waals surface area (Å²) < 4.78 is 1.38. The molecular weight excluding hydrogens is 260 g/mol. The number of hydrogen-bond donors (Lipinski definition) is 0. The van der Waals surface area contributed by atoms with Crippen LogP contribution in [0.1, 0.15) is 11.1 Å². The van der Waals surface area contributed by atoms with Gasteiger partial charge in [0.2, 0.25) is 0 Å². The minimum atomic E-state index is 0.999. The maximum atomic E-state index is 2.31. The molecule has 1 aromatic heterocycles. The number of hydrogen-bond acceptors (Lipinski definition) is 1. The number of rotatable bonds is 2. The SMILES string of the molecule is c1ccc2cc(Cc3ccc4ccsc4c3)ccc2c1. The first-order valence-corrected chi connectivity index (χ1v) is 7.70. The summed E-state index contributed by atoms with van der Waals surface area (Å²) in [5.41, 5.74) is 2.76. The first-order valence-electron chi connectivity index (χ1n) is 6.82. The number of benzene rings is 3. The molecule has 0 amide bonds. The van der Waals surface area contributed by atoms with E-state index in [0.29, 0.717) is 0 Å². The standard InChI is InChI=1S/C19H14S/c1-2-4-18-12-14(5-7-16(18)3-1)11-15-6-8-17-9-10-20-19(17)13-15/h1-10,12-13H,11H2. The normalized spacial score (nSPS) is 11.2. The van der Waals surface area contributed by atoms with Crippen molar-refractivity contribution < 1.29 is 0 Å². The zero-order valence-corrected chi connectivity index (χ0v) is 11.9. The highest BCUT2D eigenvalue weighted by molar-refractivity contribution is 7.17. The van der Waals surface area contributed by atoms with E-state index in [9.17, 15) is 0 Å². The third-order valence-electron chi connectivity index (χ3n) is 3.74. The molecule has 1 heterocycles. The Morgan fingerprint density at radius 3 is 2.30 bits per heavy atom. The Hall–Kier alpha value is -2.12. The van der Waals surface area contributed by atoms with Gasteiger partial charge in [0.15, 0.2) is 0 Å². The van der Waals surface area contributed by atoms with Crippen molar-refractivity contribution in [3.05, 3.63) is 83.2 Å². The Morgan fingerprint density at radius 1 is 0.650 bits per heavy atom. The Kier molecular flexibility index (Phi) is 2.79. The maximum absolute atomic E-state index is 2.31. The van der Waals surface area contributed by atoms with Crippen LogP contribution in [0, 0.1) is 0 Å². The molecule has 0 spiro atoms. The molecule has 0 aliphatic rings. The highest BCUT2D eigenvalue weighted by atomic mass is 32.1. The third kappa shape index (κ3) is 2.10. The second kappa shape index (κ2) is 4.77. The smallest absolute Gasteiger partial charge is 0.0345 e. The maximum Gasteiger partial charge on any atom is 0.0345 e. The fourth-order valence-electron chi connectivity index (χ4n) is 2.69. The van der Waals surface area contributed by atoms with Crippen molar-refractivity contribution >= 4 is 32.2 Å². The average molecular weight is 274 g/mol. The van der Waals surface area contributed by atoms with Gasteiger partial charge in [-0.15, -0.1) is 11.3 Å².